The summed E-state index contributed by atoms with van der Waals surface area (Å²) < 4.78 is 0. The fraction of sp³-hybridized carbons (Fsp3) is 0.875. The van der Waals surface area contributed by atoms with Crippen LogP contribution in [0.3, 0.4) is 0 Å². The summed E-state index contributed by atoms with van der Waals surface area (Å²) in [5.41, 5.74) is 0. The zero-order valence-electron chi connectivity index (χ0n) is 7.06. The first-order valence-corrected chi connectivity index (χ1v) is 4.16. The molecule has 0 saturated carbocycles. The third-order valence-electron chi connectivity index (χ3n) is 1.37. The van der Waals surface area contributed by atoms with Crippen molar-refractivity contribution in [3.8, 4) is 0 Å². The summed E-state index contributed by atoms with van der Waals surface area (Å²) in [5, 5.41) is 12.7. The van der Waals surface area contributed by atoms with Crippen molar-refractivity contribution in [3.05, 3.63) is 0 Å². The van der Waals surface area contributed by atoms with Gasteiger partial charge in [0.2, 0.25) is 5.91 Å². The van der Waals surface area contributed by atoms with Crippen LogP contribution in [0, 0.1) is 0 Å². The lowest BCUT2D eigenvalue weighted by Crippen LogP contribution is -2.23. The van der Waals surface area contributed by atoms with Crippen LogP contribution in [-0.2, 0) is 9.90 Å². The molecule has 1 radical (unpaired) electrons. The maximum atomic E-state index is 10.8. The van der Waals surface area contributed by atoms with Gasteiger partial charge in [-0.3, -0.25) is 4.79 Å². The molecule has 0 aromatic heterocycles. The van der Waals surface area contributed by atoms with E-state index in [4.69, 9.17) is 0 Å². The number of nitrogens with one attached hydrogen (secondary N) is 1. The highest BCUT2D eigenvalue weighted by Crippen LogP contribution is 1.88. The van der Waals surface area contributed by atoms with Crippen LogP contribution in [0.1, 0.15) is 32.6 Å². The third kappa shape index (κ3) is 7.33. The molecule has 0 heterocycles. The van der Waals surface area contributed by atoms with Crippen molar-refractivity contribution in [1.82, 2.24) is 5.32 Å². The molecule has 0 unspecified atom stereocenters. The molecule has 0 aliphatic rings. The van der Waals surface area contributed by atoms with E-state index >= 15 is 0 Å². The molecule has 0 fully saturated rings. The van der Waals surface area contributed by atoms with Gasteiger partial charge in [-0.25, -0.2) is 5.11 Å². The van der Waals surface area contributed by atoms with Gasteiger partial charge >= 0.3 is 0 Å². The monoisotopic (exact) mass is 158 g/mol. The summed E-state index contributed by atoms with van der Waals surface area (Å²) in [4.78, 5) is 10.8. The molecule has 0 aromatic rings. The number of rotatable bonds is 6. The first-order valence-electron chi connectivity index (χ1n) is 4.16. The van der Waals surface area contributed by atoms with E-state index < -0.39 is 0 Å². The normalized spacial score (nSPS) is 9.64. The Balaban J connectivity index is 3.04. The molecular weight excluding hydrogens is 142 g/mol. The van der Waals surface area contributed by atoms with Crippen LogP contribution >= 0.6 is 0 Å². The van der Waals surface area contributed by atoms with Crippen molar-refractivity contribution >= 4 is 5.91 Å². The minimum absolute atomic E-state index is 0.0380. The summed E-state index contributed by atoms with van der Waals surface area (Å²) in [6, 6.07) is 0. The van der Waals surface area contributed by atoms with E-state index in [2.05, 4.69) is 5.32 Å². The topological polar surface area (TPSA) is 49.0 Å². The highest BCUT2D eigenvalue weighted by atomic mass is 16.2. The average Bonchev–Trinajstić information content (AvgIpc) is 1.99. The molecule has 0 saturated heterocycles. The minimum atomic E-state index is -0.0380. The molecule has 0 aliphatic heterocycles. The van der Waals surface area contributed by atoms with Gasteiger partial charge in [-0.1, -0.05) is 6.92 Å². The van der Waals surface area contributed by atoms with Gasteiger partial charge in [0.1, 0.15) is 0 Å². The Kier molecular flexibility index (Phi) is 7.15. The summed E-state index contributed by atoms with van der Waals surface area (Å²) in [7, 11) is 0. The number of carbonyl (C=O) groups is 1. The van der Waals surface area contributed by atoms with Gasteiger partial charge < -0.3 is 5.32 Å². The summed E-state index contributed by atoms with van der Waals surface area (Å²) in [6.45, 7) is 2.59. The Bertz CT molecular complexity index is 104. The fourth-order valence-electron chi connectivity index (χ4n) is 0.770. The van der Waals surface area contributed by atoms with Crippen LogP contribution in [0.15, 0.2) is 0 Å². The van der Waals surface area contributed by atoms with Gasteiger partial charge in [0.25, 0.3) is 0 Å². The Morgan fingerprint density at radius 2 is 2.09 bits per heavy atom. The van der Waals surface area contributed by atoms with E-state index in [1.165, 1.54) is 0 Å². The third-order valence-corrected chi connectivity index (χ3v) is 1.37. The number of carbonyl (C=O) groups excluding carboxylic acids is 1. The van der Waals surface area contributed by atoms with Gasteiger partial charge in [-0.05, 0) is 19.3 Å². The molecule has 3 heteroatoms. The minimum Gasteiger partial charge on any atom is -0.356 e. The van der Waals surface area contributed by atoms with E-state index in [1.807, 2.05) is 6.92 Å². The first kappa shape index (κ1) is 10.4. The van der Waals surface area contributed by atoms with Gasteiger partial charge in [0.15, 0.2) is 0 Å². The predicted molar refractivity (Wildman–Crippen MR) is 42.7 cm³/mol. The zero-order valence-corrected chi connectivity index (χ0v) is 7.06. The van der Waals surface area contributed by atoms with E-state index in [0.717, 1.165) is 12.8 Å². The van der Waals surface area contributed by atoms with E-state index in [1.54, 1.807) is 0 Å². The van der Waals surface area contributed by atoms with Gasteiger partial charge in [-0.2, -0.15) is 0 Å². The molecule has 0 atom stereocenters. The van der Waals surface area contributed by atoms with Crippen molar-refractivity contribution in [2.24, 2.45) is 0 Å². The zero-order chi connectivity index (χ0) is 8.53. The summed E-state index contributed by atoms with van der Waals surface area (Å²) >= 11 is 0. The van der Waals surface area contributed by atoms with Gasteiger partial charge in [-0.15, -0.1) is 0 Å². The predicted octanol–water partition coefficient (Wildman–Crippen LogP) is 1.11. The Morgan fingerprint density at radius 1 is 1.36 bits per heavy atom. The fourth-order valence-corrected chi connectivity index (χ4v) is 0.770. The molecule has 0 bridgehead atoms. The number of unbranched alkanes of at least 4 members (excludes halogenated alkanes) is 1. The maximum absolute atomic E-state index is 10.8. The lowest BCUT2D eigenvalue weighted by atomic mass is 10.3. The Hall–Kier alpha value is -0.570. The number of hydrogen-bond donors (Lipinski definition) is 1. The quantitative estimate of drug-likeness (QED) is 0.578. The Labute approximate surface area is 67.8 Å². The van der Waals surface area contributed by atoms with Crippen LogP contribution in [0.25, 0.3) is 0 Å². The lowest BCUT2D eigenvalue weighted by molar-refractivity contribution is -0.121. The highest BCUT2D eigenvalue weighted by molar-refractivity contribution is 5.75. The van der Waals surface area contributed by atoms with Crippen LogP contribution in [-0.4, -0.2) is 19.1 Å². The number of hydrogen-bond acceptors (Lipinski definition) is 1. The maximum Gasteiger partial charge on any atom is 0.219 e. The van der Waals surface area contributed by atoms with Gasteiger partial charge in [0.05, 0.1) is 6.61 Å². The SMILES string of the molecule is CCCC(=O)NCCCC[O]. The molecule has 11 heavy (non-hydrogen) atoms. The highest BCUT2D eigenvalue weighted by Gasteiger charge is 1.96. The molecule has 0 spiro atoms. The standard InChI is InChI=1S/C8H16NO2/c1-2-5-8(11)9-6-3-4-7-10/h2-7H2,1H3,(H,9,11). The molecule has 65 valence electrons. The van der Waals surface area contributed by atoms with Crippen LogP contribution in [0.4, 0.5) is 0 Å². The largest absolute Gasteiger partial charge is 0.356 e. The second-order valence-electron chi connectivity index (χ2n) is 2.51. The van der Waals surface area contributed by atoms with Crippen molar-refractivity contribution in [2.75, 3.05) is 13.2 Å². The van der Waals surface area contributed by atoms with Crippen LogP contribution in [0.5, 0.6) is 0 Å². The van der Waals surface area contributed by atoms with Crippen molar-refractivity contribution < 1.29 is 9.90 Å². The molecule has 0 aliphatic carbocycles. The van der Waals surface area contributed by atoms with E-state index in [0.29, 0.717) is 19.4 Å². The second kappa shape index (κ2) is 7.54. The number of amides is 1. The van der Waals surface area contributed by atoms with Crippen molar-refractivity contribution in [2.45, 2.75) is 32.6 Å². The summed E-state index contributed by atoms with van der Waals surface area (Å²) in [5.74, 6) is 0.0957. The molecule has 0 rings (SSSR count). The lowest BCUT2D eigenvalue weighted by Gasteiger charge is -2.01. The molecule has 1 N–H and O–H groups in total. The summed E-state index contributed by atoms with van der Waals surface area (Å²) in [6.07, 6.45) is 2.94. The average molecular weight is 158 g/mol. The molecule has 0 aromatic carbocycles. The van der Waals surface area contributed by atoms with E-state index in [-0.39, 0.29) is 12.5 Å². The van der Waals surface area contributed by atoms with Gasteiger partial charge in [0, 0.05) is 13.0 Å². The van der Waals surface area contributed by atoms with Crippen molar-refractivity contribution in [3.63, 3.8) is 0 Å². The van der Waals surface area contributed by atoms with Crippen molar-refractivity contribution in [1.29, 1.82) is 0 Å². The van der Waals surface area contributed by atoms with Crippen LogP contribution in [0.2, 0.25) is 0 Å². The smallest absolute Gasteiger partial charge is 0.219 e. The second-order valence-corrected chi connectivity index (χ2v) is 2.51. The van der Waals surface area contributed by atoms with Crippen LogP contribution < -0.4 is 5.32 Å². The molecule has 3 nitrogen and oxygen atoms in total. The Morgan fingerprint density at radius 3 is 2.64 bits per heavy atom. The first-order chi connectivity index (χ1) is 5.31. The van der Waals surface area contributed by atoms with E-state index in [9.17, 15) is 9.90 Å². The molecular formula is C8H16NO2. The molecule has 1 amide bonds.